The summed E-state index contributed by atoms with van der Waals surface area (Å²) in [5, 5.41) is -0.272. The van der Waals surface area contributed by atoms with Crippen molar-refractivity contribution in [3.63, 3.8) is 0 Å². The average molecular weight is 383 g/mol. The van der Waals surface area contributed by atoms with Crippen LogP contribution in [0.15, 0.2) is 59.5 Å². The van der Waals surface area contributed by atoms with Gasteiger partial charge in [0.2, 0.25) is 0 Å². The summed E-state index contributed by atoms with van der Waals surface area (Å²) in [6.07, 6.45) is 0. The number of aryl methyl sites for hydroxylation is 1. The van der Waals surface area contributed by atoms with Crippen LogP contribution < -0.4 is 4.46 Å². The summed E-state index contributed by atoms with van der Waals surface area (Å²) < 4.78 is 31.9. The number of benzene rings is 2. The van der Waals surface area contributed by atoms with E-state index in [0.29, 0.717) is 11.5 Å². The molecule has 5 heteroatoms. The maximum atomic E-state index is 12.5. The van der Waals surface area contributed by atoms with Crippen molar-refractivity contribution in [3.8, 4) is 0 Å². The van der Waals surface area contributed by atoms with E-state index in [0.717, 1.165) is 10.0 Å². The van der Waals surface area contributed by atoms with Gasteiger partial charge in [-0.15, -0.1) is 0 Å². The average Bonchev–Trinajstić information content (AvgIpc) is 2.48. The van der Waals surface area contributed by atoms with Gasteiger partial charge in [0.1, 0.15) is 0 Å². The van der Waals surface area contributed by atoms with Crippen molar-refractivity contribution < 1.29 is 13.2 Å². The molecule has 0 heterocycles. The van der Waals surface area contributed by atoms with E-state index in [1.807, 2.05) is 56.3 Å². The van der Waals surface area contributed by atoms with E-state index in [-0.39, 0.29) is 25.7 Å². The Balaban J connectivity index is 2.14. The molecule has 0 bridgehead atoms. The third-order valence-corrected chi connectivity index (χ3v) is 7.64. The molecule has 2 aromatic rings. The molecule has 3 nitrogen and oxygen atoms in total. The van der Waals surface area contributed by atoms with Gasteiger partial charge in [0, 0.05) is 0 Å². The molecule has 0 N–H and O–H groups in total. The van der Waals surface area contributed by atoms with E-state index in [1.165, 1.54) is 0 Å². The van der Waals surface area contributed by atoms with Crippen LogP contribution in [0.1, 0.15) is 12.5 Å². The first-order valence-electron chi connectivity index (χ1n) is 7.14. The molecule has 0 aliphatic heterocycles. The van der Waals surface area contributed by atoms with Crippen LogP contribution in [0, 0.1) is 6.92 Å². The Kier molecular flexibility index (Phi) is 6.21. The predicted molar refractivity (Wildman–Crippen MR) is 90.5 cm³/mol. The van der Waals surface area contributed by atoms with Crippen LogP contribution in [0.2, 0.25) is 0 Å². The number of sulfone groups is 1. The monoisotopic (exact) mass is 384 g/mol. The first-order valence-corrected chi connectivity index (χ1v) is 10.6. The Labute approximate surface area is 138 Å². The fraction of sp³-hybridized carbons (Fsp3) is 0.294. The molecule has 2 rings (SSSR count). The number of hydrogen-bond acceptors (Lipinski definition) is 3. The molecule has 0 saturated heterocycles. The molecule has 0 aliphatic carbocycles. The Morgan fingerprint density at radius 3 is 2.27 bits per heavy atom. The molecular weight excluding hydrogens is 363 g/mol. The van der Waals surface area contributed by atoms with Gasteiger partial charge < -0.3 is 0 Å². The van der Waals surface area contributed by atoms with E-state index < -0.39 is 9.84 Å². The minimum atomic E-state index is -3.33. The Hall–Kier alpha value is -1.13. The van der Waals surface area contributed by atoms with Gasteiger partial charge in [-0.3, -0.25) is 0 Å². The van der Waals surface area contributed by atoms with Crippen molar-refractivity contribution in [1.29, 1.82) is 0 Å². The van der Waals surface area contributed by atoms with E-state index in [2.05, 4.69) is 0 Å². The predicted octanol–water partition coefficient (Wildman–Crippen LogP) is 2.16. The van der Waals surface area contributed by atoms with Gasteiger partial charge in [-0.1, -0.05) is 0 Å². The van der Waals surface area contributed by atoms with E-state index in [4.69, 9.17) is 4.74 Å². The second kappa shape index (κ2) is 7.93. The third kappa shape index (κ3) is 4.96. The van der Waals surface area contributed by atoms with Gasteiger partial charge in [0.05, 0.1) is 0 Å². The zero-order chi connectivity index (χ0) is 16.0. The van der Waals surface area contributed by atoms with Crippen LogP contribution >= 0.6 is 0 Å². The summed E-state index contributed by atoms with van der Waals surface area (Å²) in [5.41, 5.74) is 1.05. The molecule has 0 aliphatic rings. The van der Waals surface area contributed by atoms with Crippen molar-refractivity contribution in [2.45, 2.75) is 23.7 Å². The van der Waals surface area contributed by atoms with Crippen LogP contribution in [0.4, 0.5) is 0 Å². The molecule has 1 unspecified atom stereocenters. The summed E-state index contributed by atoms with van der Waals surface area (Å²) in [7, 11) is -3.33. The molecule has 0 amide bonds. The molecule has 1 atom stereocenters. The molecule has 118 valence electrons. The topological polar surface area (TPSA) is 43.4 Å². The summed E-state index contributed by atoms with van der Waals surface area (Å²) in [6.45, 7) is 4.35. The fourth-order valence-electron chi connectivity index (χ4n) is 1.97. The molecule has 22 heavy (non-hydrogen) atoms. The van der Waals surface area contributed by atoms with Crippen LogP contribution in [0.25, 0.3) is 0 Å². The standard InChI is InChI=1S/C17H20O3SSe/c1-3-20-17(22-16-7-5-4-6-8-16)13-21(18,19)15-11-9-14(2)10-12-15/h4-12,17H,3,13H2,1-2H3. The third-order valence-electron chi connectivity index (χ3n) is 3.10. The van der Waals surface area contributed by atoms with Crippen LogP contribution in [0.3, 0.4) is 0 Å². The van der Waals surface area contributed by atoms with Crippen LogP contribution in [0.5, 0.6) is 0 Å². The number of hydrogen-bond donors (Lipinski definition) is 0. The van der Waals surface area contributed by atoms with Crippen molar-refractivity contribution in [2.75, 3.05) is 12.4 Å². The maximum absolute atomic E-state index is 12.5. The van der Waals surface area contributed by atoms with Gasteiger partial charge >= 0.3 is 139 Å². The zero-order valence-electron chi connectivity index (χ0n) is 12.7. The Morgan fingerprint density at radius 1 is 1.05 bits per heavy atom. The van der Waals surface area contributed by atoms with Gasteiger partial charge in [0.15, 0.2) is 0 Å². The molecule has 2 aromatic carbocycles. The fourth-order valence-corrected chi connectivity index (χ4v) is 6.52. The van der Waals surface area contributed by atoms with Crippen molar-refractivity contribution >= 4 is 29.3 Å². The van der Waals surface area contributed by atoms with Gasteiger partial charge in [-0.2, -0.15) is 0 Å². The molecular formula is C17H20O3SSe. The van der Waals surface area contributed by atoms with Gasteiger partial charge in [-0.25, -0.2) is 0 Å². The molecule has 0 aromatic heterocycles. The number of ether oxygens (including phenoxy) is 1. The quantitative estimate of drug-likeness (QED) is 0.689. The van der Waals surface area contributed by atoms with Crippen LogP contribution in [-0.4, -0.2) is 40.7 Å². The van der Waals surface area contributed by atoms with Gasteiger partial charge in [0.25, 0.3) is 0 Å². The Morgan fingerprint density at radius 2 is 1.68 bits per heavy atom. The van der Waals surface area contributed by atoms with Crippen molar-refractivity contribution in [3.05, 3.63) is 60.2 Å². The minimum absolute atomic E-state index is 0.0266. The summed E-state index contributed by atoms with van der Waals surface area (Å²) in [6, 6.07) is 16.9. The molecule has 0 radical (unpaired) electrons. The summed E-state index contributed by atoms with van der Waals surface area (Å²) in [5.74, 6) is 0.0266. The van der Waals surface area contributed by atoms with E-state index in [1.54, 1.807) is 12.1 Å². The molecule has 0 fully saturated rings. The molecule has 0 saturated carbocycles. The molecule has 0 spiro atoms. The number of rotatable bonds is 7. The first kappa shape index (κ1) is 17.2. The van der Waals surface area contributed by atoms with Crippen molar-refractivity contribution in [2.24, 2.45) is 0 Å². The summed E-state index contributed by atoms with van der Waals surface area (Å²) in [4.78, 5) is 0.367. The van der Waals surface area contributed by atoms with Gasteiger partial charge in [-0.05, 0) is 0 Å². The zero-order valence-corrected chi connectivity index (χ0v) is 15.3. The second-order valence-electron chi connectivity index (χ2n) is 4.91. The van der Waals surface area contributed by atoms with Crippen LogP contribution in [-0.2, 0) is 14.6 Å². The van der Waals surface area contributed by atoms with Crippen molar-refractivity contribution in [1.82, 2.24) is 0 Å². The SMILES string of the molecule is CCOC(CS(=O)(=O)c1ccc(C)cc1)[Se]c1ccccc1. The first-order chi connectivity index (χ1) is 10.5. The second-order valence-corrected chi connectivity index (χ2v) is 9.53. The normalized spacial score (nSPS) is 13.0. The summed E-state index contributed by atoms with van der Waals surface area (Å²) >= 11 is -0.0327. The Bertz CT molecular complexity index is 682. The van der Waals surface area contributed by atoms with E-state index in [9.17, 15) is 8.42 Å². The van der Waals surface area contributed by atoms with E-state index >= 15 is 0 Å².